The topological polar surface area (TPSA) is 70.7 Å². The van der Waals surface area contributed by atoms with Crippen molar-refractivity contribution >= 4 is 23.4 Å². The molecule has 0 radical (unpaired) electrons. The van der Waals surface area contributed by atoms with Crippen molar-refractivity contribution in [1.82, 2.24) is 15.2 Å². The number of carbonyl (C=O) groups is 1. The summed E-state index contributed by atoms with van der Waals surface area (Å²) in [7, 11) is 0. The lowest BCUT2D eigenvalue weighted by molar-refractivity contribution is -0.113. The summed E-state index contributed by atoms with van der Waals surface area (Å²) in [4.78, 5) is 16.1. The van der Waals surface area contributed by atoms with Crippen molar-refractivity contribution in [2.45, 2.75) is 31.8 Å². The zero-order chi connectivity index (χ0) is 14.5. The monoisotopic (exact) mass is 290 g/mol. The molecule has 0 spiro atoms. The first-order chi connectivity index (χ1) is 9.54. The van der Waals surface area contributed by atoms with Crippen LogP contribution in [0.2, 0.25) is 0 Å². The molecule has 2 rings (SSSR count). The van der Waals surface area contributed by atoms with E-state index in [0.29, 0.717) is 16.8 Å². The Labute approximate surface area is 122 Å². The first kappa shape index (κ1) is 14.6. The van der Waals surface area contributed by atoms with Gasteiger partial charge in [-0.15, -0.1) is 5.10 Å². The van der Waals surface area contributed by atoms with Crippen molar-refractivity contribution in [2.24, 2.45) is 0 Å². The van der Waals surface area contributed by atoms with Crippen LogP contribution in [-0.4, -0.2) is 26.8 Å². The predicted molar refractivity (Wildman–Crippen MR) is 81.0 cm³/mol. The van der Waals surface area contributed by atoms with Gasteiger partial charge in [-0.2, -0.15) is 0 Å². The van der Waals surface area contributed by atoms with Crippen molar-refractivity contribution in [1.29, 1.82) is 0 Å². The number of hydrogen-bond acceptors (Lipinski definition) is 4. The number of rotatable bonds is 5. The molecule has 2 N–H and O–H groups in total. The molecule has 0 bridgehead atoms. The lowest BCUT2D eigenvalue weighted by atomic mass is 10.2. The summed E-state index contributed by atoms with van der Waals surface area (Å²) in [6.07, 6.45) is 0. The summed E-state index contributed by atoms with van der Waals surface area (Å²) in [5.74, 6) is 1.38. The van der Waals surface area contributed by atoms with Gasteiger partial charge in [-0.3, -0.25) is 9.89 Å². The van der Waals surface area contributed by atoms with E-state index < -0.39 is 0 Å². The zero-order valence-corrected chi connectivity index (χ0v) is 12.6. The van der Waals surface area contributed by atoms with Crippen molar-refractivity contribution in [3.05, 3.63) is 35.7 Å². The van der Waals surface area contributed by atoms with E-state index in [1.54, 1.807) is 0 Å². The molecule has 5 nitrogen and oxygen atoms in total. The van der Waals surface area contributed by atoms with Gasteiger partial charge < -0.3 is 5.32 Å². The summed E-state index contributed by atoms with van der Waals surface area (Å²) in [5.41, 5.74) is 1.97. The second kappa shape index (κ2) is 6.56. The van der Waals surface area contributed by atoms with Gasteiger partial charge >= 0.3 is 0 Å². The molecular formula is C14H18N4OS. The Hall–Kier alpha value is -1.82. The highest BCUT2D eigenvalue weighted by Gasteiger charge is 2.09. The fraction of sp³-hybridized carbons (Fsp3) is 0.357. The summed E-state index contributed by atoms with van der Waals surface area (Å²) in [5, 5.41) is 10.4. The molecule has 1 heterocycles. The van der Waals surface area contributed by atoms with Crippen LogP contribution in [0.3, 0.4) is 0 Å². The maximum atomic E-state index is 11.8. The average molecular weight is 290 g/mol. The number of aryl methyl sites for hydroxylation is 1. The van der Waals surface area contributed by atoms with Gasteiger partial charge in [0.15, 0.2) is 0 Å². The standard InChI is InChI=1S/C14H18N4OS/c1-9(2)13-16-14(18-17-13)20-8-12(19)15-11-6-4-10(3)5-7-11/h4-7,9H,8H2,1-3H3,(H,15,19)(H,16,17,18). The molecule has 1 aromatic carbocycles. The molecule has 0 fully saturated rings. The van der Waals surface area contributed by atoms with Gasteiger partial charge in [-0.05, 0) is 19.1 Å². The minimum atomic E-state index is -0.0604. The maximum Gasteiger partial charge on any atom is 0.234 e. The predicted octanol–water partition coefficient (Wildman–Crippen LogP) is 2.97. The lowest BCUT2D eigenvalue weighted by Gasteiger charge is -2.04. The molecule has 106 valence electrons. The number of carbonyl (C=O) groups excluding carboxylic acids is 1. The third kappa shape index (κ3) is 4.09. The first-order valence-corrected chi connectivity index (χ1v) is 7.45. The molecular weight excluding hydrogens is 272 g/mol. The van der Waals surface area contributed by atoms with E-state index in [1.165, 1.54) is 17.3 Å². The normalized spacial score (nSPS) is 10.8. The van der Waals surface area contributed by atoms with Gasteiger partial charge in [0.25, 0.3) is 0 Å². The van der Waals surface area contributed by atoms with Crippen LogP contribution >= 0.6 is 11.8 Å². The second-order valence-corrected chi connectivity index (χ2v) is 5.80. The molecule has 0 aliphatic rings. The SMILES string of the molecule is Cc1ccc(NC(=O)CSc2n[nH]c(C(C)C)n2)cc1. The number of benzene rings is 1. The summed E-state index contributed by atoms with van der Waals surface area (Å²) >= 11 is 1.32. The van der Waals surface area contributed by atoms with E-state index >= 15 is 0 Å². The van der Waals surface area contributed by atoms with Gasteiger partial charge in [-0.25, -0.2) is 4.98 Å². The fourth-order valence-electron chi connectivity index (χ4n) is 1.54. The number of H-pyrrole nitrogens is 1. The number of nitrogens with one attached hydrogen (secondary N) is 2. The molecule has 1 amide bonds. The highest BCUT2D eigenvalue weighted by molar-refractivity contribution is 7.99. The van der Waals surface area contributed by atoms with Crippen LogP contribution in [0, 0.1) is 6.92 Å². The van der Waals surface area contributed by atoms with Crippen molar-refractivity contribution < 1.29 is 4.79 Å². The number of amides is 1. The smallest absolute Gasteiger partial charge is 0.234 e. The van der Waals surface area contributed by atoms with Gasteiger partial charge in [0.2, 0.25) is 11.1 Å². The molecule has 0 aliphatic heterocycles. The van der Waals surface area contributed by atoms with Crippen LogP contribution in [0.1, 0.15) is 31.2 Å². The van der Waals surface area contributed by atoms with Gasteiger partial charge in [0.1, 0.15) is 5.82 Å². The second-order valence-electron chi connectivity index (χ2n) is 4.86. The zero-order valence-electron chi connectivity index (χ0n) is 11.8. The molecule has 0 saturated heterocycles. The summed E-state index contributed by atoms with van der Waals surface area (Å²) in [6.45, 7) is 6.09. The number of aromatic amines is 1. The molecule has 20 heavy (non-hydrogen) atoms. The third-order valence-electron chi connectivity index (χ3n) is 2.70. The Kier molecular flexibility index (Phi) is 4.79. The molecule has 2 aromatic rings. The van der Waals surface area contributed by atoms with Crippen LogP contribution in [-0.2, 0) is 4.79 Å². The Morgan fingerprint density at radius 2 is 2.05 bits per heavy atom. The summed E-state index contributed by atoms with van der Waals surface area (Å²) < 4.78 is 0. The fourth-order valence-corrected chi connectivity index (χ4v) is 2.15. The van der Waals surface area contributed by atoms with E-state index in [0.717, 1.165) is 11.5 Å². The van der Waals surface area contributed by atoms with E-state index in [4.69, 9.17) is 0 Å². The molecule has 0 aliphatic carbocycles. The molecule has 0 unspecified atom stereocenters. The van der Waals surface area contributed by atoms with E-state index in [2.05, 4.69) is 20.5 Å². The number of aromatic nitrogens is 3. The number of thioether (sulfide) groups is 1. The van der Waals surface area contributed by atoms with Gasteiger partial charge in [0, 0.05) is 11.6 Å². The van der Waals surface area contributed by atoms with Crippen LogP contribution < -0.4 is 5.32 Å². The van der Waals surface area contributed by atoms with E-state index in [1.807, 2.05) is 45.0 Å². The number of hydrogen-bond donors (Lipinski definition) is 2. The largest absolute Gasteiger partial charge is 0.325 e. The molecule has 0 saturated carbocycles. The Balaban J connectivity index is 1.84. The van der Waals surface area contributed by atoms with Crippen LogP contribution in [0.4, 0.5) is 5.69 Å². The van der Waals surface area contributed by atoms with Crippen molar-refractivity contribution in [3.63, 3.8) is 0 Å². The van der Waals surface area contributed by atoms with Crippen molar-refractivity contribution in [2.75, 3.05) is 11.1 Å². The quantitative estimate of drug-likeness (QED) is 0.831. The van der Waals surface area contributed by atoms with Crippen LogP contribution in [0.25, 0.3) is 0 Å². The molecule has 1 aromatic heterocycles. The number of anilines is 1. The average Bonchev–Trinajstić information content (AvgIpc) is 2.88. The van der Waals surface area contributed by atoms with Gasteiger partial charge in [0.05, 0.1) is 5.75 Å². The lowest BCUT2D eigenvalue weighted by Crippen LogP contribution is -2.14. The molecule has 6 heteroatoms. The van der Waals surface area contributed by atoms with Crippen LogP contribution in [0.5, 0.6) is 0 Å². The summed E-state index contributed by atoms with van der Waals surface area (Å²) in [6, 6.07) is 7.71. The van der Waals surface area contributed by atoms with Crippen LogP contribution in [0.15, 0.2) is 29.4 Å². The first-order valence-electron chi connectivity index (χ1n) is 6.46. The molecule has 0 atom stereocenters. The van der Waals surface area contributed by atoms with E-state index in [-0.39, 0.29) is 5.91 Å². The van der Waals surface area contributed by atoms with E-state index in [9.17, 15) is 4.79 Å². The van der Waals surface area contributed by atoms with Gasteiger partial charge in [-0.1, -0.05) is 43.3 Å². The highest BCUT2D eigenvalue weighted by Crippen LogP contribution is 2.16. The van der Waals surface area contributed by atoms with Crippen molar-refractivity contribution in [3.8, 4) is 0 Å². The minimum Gasteiger partial charge on any atom is -0.325 e. The Bertz CT molecular complexity index is 577. The minimum absolute atomic E-state index is 0.0604. The third-order valence-corrected chi connectivity index (χ3v) is 3.54. The highest BCUT2D eigenvalue weighted by atomic mass is 32.2. The Morgan fingerprint density at radius 1 is 1.35 bits per heavy atom. The Morgan fingerprint density at radius 3 is 2.65 bits per heavy atom. The maximum absolute atomic E-state index is 11.8. The number of nitrogens with zero attached hydrogens (tertiary/aromatic N) is 2.